The number of nitrogens with one attached hydrogen (secondary N) is 3. The summed E-state index contributed by atoms with van der Waals surface area (Å²) in [5, 5.41) is 21.9. The highest BCUT2D eigenvalue weighted by Crippen LogP contribution is 2.47. The summed E-state index contributed by atoms with van der Waals surface area (Å²) in [7, 11) is 2.11. The number of morpholine rings is 3. The Hall–Kier alpha value is -2.27. The van der Waals surface area contributed by atoms with E-state index >= 15 is 4.39 Å². The summed E-state index contributed by atoms with van der Waals surface area (Å²) in [6.45, 7) is 5.99. The van der Waals surface area contributed by atoms with Crippen molar-refractivity contribution >= 4 is 11.7 Å². The van der Waals surface area contributed by atoms with Crippen LogP contribution in [-0.4, -0.2) is 164 Å². The topological polar surface area (TPSA) is 151 Å². The molecule has 0 aromatic carbocycles. The molecule has 13 atom stereocenters. The van der Waals surface area contributed by atoms with E-state index in [1.807, 2.05) is 0 Å². The van der Waals surface area contributed by atoms with Crippen LogP contribution in [0, 0.1) is 16.0 Å². The van der Waals surface area contributed by atoms with Gasteiger partial charge in [0.05, 0.1) is 61.3 Å². The van der Waals surface area contributed by atoms with E-state index in [-0.39, 0.29) is 59.1 Å². The number of nitro groups is 1. The number of rotatable bonds is 9. The first-order valence-electron chi connectivity index (χ1n) is 19.1. The molecular formula is C35H54FN7O7. The van der Waals surface area contributed by atoms with E-state index in [9.17, 15) is 19.7 Å². The monoisotopic (exact) mass is 703 g/mol. The molecule has 3 saturated carbocycles. The van der Waals surface area contributed by atoms with Crippen molar-refractivity contribution in [3.63, 3.8) is 0 Å². The fourth-order valence-corrected chi connectivity index (χ4v) is 10.5. The number of hydrogen-bond donors (Lipinski definition) is 3. The van der Waals surface area contributed by atoms with Crippen LogP contribution in [0.15, 0.2) is 11.8 Å². The van der Waals surface area contributed by atoms with Gasteiger partial charge in [0.1, 0.15) is 6.17 Å². The fraction of sp³-hybridized carbons (Fsp3) is 0.886. The van der Waals surface area contributed by atoms with Crippen molar-refractivity contribution in [2.24, 2.45) is 5.92 Å². The van der Waals surface area contributed by atoms with Crippen LogP contribution >= 0.6 is 0 Å². The van der Waals surface area contributed by atoms with E-state index in [1.54, 1.807) is 6.20 Å². The molecule has 50 heavy (non-hydrogen) atoms. The van der Waals surface area contributed by atoms with E-state index in [2.05, 4.69) is 37.7 Å². The molecule has 8 rings (SSSR count). The van der Waals surface area contributed by atoms with Crippen LogP contribution in [0.1, 0.15) is 57.8 Å². The van der Waals surface area contributed by atoms with E-state index in [1.165, 1.54) is 0 Å². The molecule has 14 nitrogen and oxygen atoms in total. The molecule has 0 spiro atoms. The number of halogens is 1. The normalized spacial score (nSPS) is 43.2. The van der Waals surface area contributed by atoms with Gasteiger partial charge in [-0.1, -0.05) is 0 Å². The number of amides is 1. The maximum Gasteiger partial charge on any atom is 0.256 e. The summed E-state index contributed by atoms with van der Waals surface area (Å²) in [4.78, 5) is 46.0. The molecule has 278 valence electrons. The largest absolute Gasteiger partial charge is 0.379 e. The Morgan fingerprint density at radius 1 is 1.04 bits per heavy atom. The van der Waals surface area contributed by atoms with Crippen molar-refractivity contribution in [2.45, 2.75) is 131 Å². The molecule has 0 radical (unpaired) electrons. The van der Waals surface area contributed by atoms with Gasteiger partial charge in [0.25, 0.3) is 5.91 Å². The third kappa shape index (κ3) is 6.71. The highest BCUT2D eigenvalue weighted by Gasteiger charge is 2.60. The summed E-state index contributed by atoms with van der Waals surface area (Å²) >= 11 is 0. The number of ketones is 1. The Balaban J connectivity index is 1.03. The van der Waals surface area contributed by atoms with Crippen LogP contribution in [0.5, 0.6) is 0 Å². The zero-order valence-corrected chi connectivity index (χ0v) is 29.1. The third-order valence-corrected chi connectivity index (χ3v) is 13.2. The molecule has 15 heteroatoms. The summed E-state index contributed by atoms with van der Waals surface area (Å²) in [5.74, 6) is -1.40. The molecule has 1 amide bonds. The molecule has 5 aliphatic heterocycles. The van der Waals surface area contributed by atoms with E-state index in [0.29, 0.717) is 64.4 Å². The number of alkyl halides is 1. The smallest absolute Gasteiger partial charge is 0.256 e. The zero-order valence-electron chi connectivity index (χ0n) is 29.1. The number of ether oxygens (including phenoxy) is 3. The summed E-state index contributed by atoms with van der Waals surface area (Å²) in [6.07, 6.45) is 5.11. The molecule has 7 fully saturated rings. The number of nitrogens with zero attached hydrogens (tertiary/aromatic N) is 4. The number of Topliss-reactive ketones (excluding diaryl/α,β-unsaturated/α-hetero) is 1. The lowest BCUT2D eigenvalue weighted by Gasteiger charge is -2.61. The highest BCUT2D eigenvalue weighted by atomic mass is 19.1. The molecule has 3 aliphatic carbocycles. The number of hydrogen-bond acceptors (Lipinski definition) is 12. The lowest BCUT2D eigenvalue weighted by molar-refractivity contribution is -0.529. The third-order valence-electron chi connectivity index (χ3n) is 13.2. The molecule has 8 aliphatic rings. The second-order valence-corrected chi connectivity index (χ2v) is 16.0. The van der Waals surface area contributed by atoms with Crippen molar-refractivity contribution in [3.8, 4) is 0 Å². The van der Waals surface area contributed by atoms with Gasteiger partial charge < -0.3 is 40.0 Å². The van der Waals surface area contributed by atoms with Crippen LogP contribution in [0.4, 0.5) is 4.39 Å². The Kier molecular flexibility index (Phi) is 10.2. The van der Waals surface area contributed by atoms with Gasteiger partial charge in [-0.2, -0.15) is 0 Å². The van der Waals surface area contributed by atoms with Gasteiger partial charge in [0, 0.05) is 80.7 Å². The molecular weight excluding hydrogens is 649 g/mol. The quantitative estimate of drug-likeness (QED) is 0.171. The average molecular weight is 704 g/mol. The summed E-state index contributed by atoms with van der Waals surface area (Å²) in [6, 6.07) is -1.30. The molecule has 13 unspecified atom stereocenters. The Morgan fingerprint density at radius 2 is 1.86 bits per heavy atom. The first kappa shape index (κ1) is 34.8. The Morgan fingerprint density at radius 3 is 2.64 bits per heavy atom. The maximum atomic E-state index is 16.3. The van der Waals surface area contributed by atoms with Crippen LogP contribution in [0.25, 0.3) is 0 Å². The average Bonchev–Trinajstić information content (AvgIpc) is 3.52. The minimum Gasteiger partial charge on any atom is -0.379 e. The predicted octanol–water partition coefficient (Wildman–Crippen LogP) is 0.226. The lowest BCUT2D eigenvalue weighted by Crippen LogP contribution is -2.75. The van der Waals surface area contributed by atoms with Crippen LogP contribution < -0.4 is 16.0 Å². The summed E-state index contributed by atoms with van der Waals surface area (Å²) in [5.41, 5.74) is 0.0994. The van der Waals surface area contributed by atoms with Crippen LogP contribution in [0.3, 0.4) is 0 Å². The lowest BCUT2D eigenvalue weighted by atomic mass is 9.69. The highest BCUT2D eigenvalue weighted by molar-refractivity contribution is 6.20. The van der Waals surface area contributed by atoms with Crippen molar-refractivity contribution in [2.75, 3.05) is 59.5 Å². The van der Waals surface area contributed by atoms with Crippen molar-refractivity contribution in [1.82, 2.24) is 30.7 Å². The SMILES string of the molecule is CN1CCCC1CCNC(=O)C1=CN2C3CC4OC5CC([N+](=O)[O-])CCC5NC4CC3OC3C(NCCN4CCOCC4)C(F)CC(C1=O)C32. The predicted molar refractivity (Wildman–Crippen MR) is 180 cm³/mol. The van der Waals surface area contributed by atoms with Crippen molar-refractivity contribution < 1.29 is 33.1 Å². The van der Waals surface area contributed by atoms with E-state index < -0.39 is 42.2 Å². The molecule has 0 aromatic heterocycles. The standard InChI is InChI=1S/C35H54FN7O7/c1-40-9-2-3-20(40)6-7-38-35(45)23-19-42-27-18-29-26(39-25-5-4-21(43(46)47)15-28(25)49-29)17-30(27)50-34-31(24(36)16-22(32(34)42)33(23)44)37-8-10-41-11-13-48-14-12-41/h19-22,24-32,34,37,39H,2-18H2,1H3,(H,38,45). The number of carbonyl (C=O) groups excluding carboxylic acids is 2. The molecule has 0 bridgehead atoms. The minimum absolute atomic E-state index is 0.00128. The molecule has 3 N–H and O–H groups in total. The Labute approximate surface area is 293 Å². The minimum atomic E-state index is -1.31. The van der Waals surface area contributed by atoms with E-state index in [0.717, 1.165) is 45.4 Å². The van der Waals surface area contributed by atoms with Gasteiger partial charge >= 0.3 is 0 Å². The van der Waals surface area contributed by atoms with Gasteiger partial charge in [-0.3, -0.25) is 24.6 Å². The summed E-state index contributed by atoms with van der Waals surface area (Å²) < 4.78 is 35.3. The number of fused-ring (bicyclic) bond motifs is 4. The maximum absolute atomic E-state index is 16.3. The van der Waals surface area contributed by atoms with Gasteiger partial charge in [0.2, 0.25) is 6.04 Å². The zero-order chi connectivity index (χ0) is 34.5. The van der Waals surface area contributed by atoms with Gasteiger partial charge in [0.15, 0.2) is 5.78 Å². The second kappa shape index (κ2) is 14.6. The first-order chi connectivity index (χ1) is 24.2. The first-order valence-corrected chi connectivity index (χ1v) is 19.1. The van der Waals surface area contributed by atoms with Gasteiger partial charge in [-0.25, -0.2) is 4.39 Å². The van der Waals surface area contributed by atoms with Crippen LogP contribution in [0.2, 0.25) is 0 Å². The number of likely N-dealkylation sites (tertiary alicyclic amines) is 1. The van der Waals surface area contributed by atoms with E-state index in [4.69, 9.17) is 14.2 Å². The van der Waals surface area contributed by atoms with Gasteiger partial charge in [-0.05, 0) is 58.5 Å². The fourth-order valence-electron chi connectivity index (χ4n) is 10.5. The van der Waals surface area contributed by atoms with Crippen molar-refractivity contribution in [1.29, 1.82) is 0 Å². The molecule has 4 saturated heterocycles. The van der Waals surface area contributed by atoms with Crippen LogP contribution in [-0.2, 0) is 23.8 Å². The number of carbonyl (C=O) groups is 2. The second-order valence-electron chi connectivity index (χ2n) is 16.0. The van der Waals surface area contributed by atoms with Crippen molar-refractivity contribution in [3.05, 3.63) is 21.9 Å². The molecule has 0 aromatic rings. The Bertz CT molecular complexity index is 1320. The van der Waals surface area contributed by atoms with Gasteiger partial charge in [-0.15, -0.1) is 0 Å². The molecule has 5 heterocycles.